The first-order valence-electron chi connectivity index (χ1n) is 27.3. The lowest BCUT2D eigenvalue weighted by molar-refractivity contribution is -0.302. The van der Waals surface area contributed by atoms with Crippen LogP contribution in [0.15, 0.2) is 85.1 Å². The van der Waals surface area contributed by atoms with Crippen LogP contribution < -0.4 is 5.32 Å². The molecule has 0 bridgehead atoms. The Morgan fingerprint density at radius 3 is 1.43 bits per heavy atom. The molecule has 67 heavy (non-hydrogen) atoms. The fraction of sp³-hybridized carbons (Fsp3) is 0.741. The van der Waals surface area contributed by atoms with Gasteiger partial charge in [-0.2, -0.15) is 0 Å². The van der Waals surface area contributed by atoms with Crippen molar-refractivity contribution in [3.63, 3.8) is 0 Å². The second kappa shape index (κ2) is 47.1. The summed E-state index contributed by atoms with van der Waals surface area (Å²) in [7, 11) is 0. The van der Waals surface area contributed by atoms with Crippen LogP contribution in [0.5, 0.6) is 0 Å². The van der Waals surface area contributed by atoms with Crippen LogP contribution in [0.3, 0.4) is 0 Å². The highest BCUT2D eigenvalue weighted by Crippen LogP contribution is 2.23. The normalized spacial score (nSPS) is 20.4. The Kier molecular flexibility index (Phi) is 43.8. The highest BCUT2D eigenvalue weighted by atomic mass is 16.7. The Balaban J connectivity index is 2.17. The van der Waals surface area contributed by atoms with Gasteiger partial charge in [0.05, 0.1) is 25.4 Å². The van der Waals surface area contributed by atoms with Crippen molar-refractivity contribution in [1.29, 1.82) is 0 Å². The average molecular weight is 940 g/mol. The lowest BCUT2D eigenvalue weighted by Gasteiger charge is -2.40. The molecule has 6 N–H and O–H groups in total. The van der Waals surface area contributed by atoms with E-state index < -0.39 is 49.5 Å². The van der Waals surface area contributed by atoms with Crippen molar-refractivity contribution in [2.24, 2.45) is 0 Å². The van der Waals surface area contributed by atoms with Gasteiger partial charge in [0, 0.05) is 6.42 Å². The van der Waals surface area contributed by atoms with Crippen molar-refractivity contribution in [3.05, 3.63) is 85.1 Å². The largest absolute Gasteiger partial charge is 0.394 e. The van der Waals surface area contributed by atoms with Gasteiger partial charge in [0.1, 0.15) is 24.4 Å². The summed E-state index contributed by atoms with van der Waals surface area (Å²) in [6.45, 7) is 3.60. The maximum absolute atomic E-state index is 13.0. The van der Waals surface area contributed by atoms with Gasteiger partial charge in [-0.3, -0.25) is 4.79 Å². The zero-order chi connectivity index (χ0) is 48.7. The predicted molar refractivity (Wildman–Crippen MR) is 281 cm³/mol. The van der Waals surface area contributed by atoms with Gasteiger partial charge in [-0.25, -0.2) is 0 Å². The summed E-state index contributed by atoms with van der Waals surface area (Å²) < 4.78 is 11.2. The van der Waals surface area contributed by atoms with E-state index in [0.717, 1.165) is 77.0 Å². The van der Waals surface area contributed by atoms with Crippen molar-refractivity contribution in [2.75, 3.05) is 13.2 Å². The number of amides is 1. The summed E-state index contributed by atoms with van der Waals surface area (Å²) in [5, 5.41) is 54.3. The van der Waals surface area contributed by atoms with E-state index in [2.05, 4.69) is 92.1 Å². The number of nitrogens with one attached hydrogen (secondary N) is 1. The molecule has 1 saturated heterocycles. The topological polar surface area (TPSA) is 149 Å². The van der Waals surface area contributed by atoms with Crippen LogP contribution in [0.4, 0.5) is 0 Å². The molecule has 9 heteroatoms. The van der Waals surface area contributed by atoms with E-state index in [1.165, 1.54) is 122 Å². The number of aliphatic hydroxyl groups excluding tert-OH is 5. The van der Waals surface area contributed by atoms with Gasteiger partial charge in [-0.15, -0.1) is 0 Å². The number of hydrogen-bond acceptors (Lipinski definition) is 8. The second-order valence-corrected chi connectivity index (χ2v) is 18.6. The minimum atomic E-state index is -1.58. The summed E-state index contributed by atoms with van der Waals surface area (Å²) >= 11 is 0. The lowest BCUT2D eigenvalue weighted by Crippen LogP contribution is -2.60. The third-order valence-electron chi connectivity index (χ3n) is 12.4. The highest BCUT2D eigenvalue weighted by Gasteiger charge is 2.44. The van der Waals surface area contributed by atoms with Crippen LogP contribution in [0.1, 0.15) is 219 Å². The number of carbonyl (C=O) groups excluding carboxylic acids is 1. The molecular formula is C58H101NO8. The molecule has 7 unspecified atom stereocenters. The van der Waals surface area contributed by atoms with E-state index in [-0.39, 0.29) is 12.5 Å². The monoisotopic (exact) mass is 940 g/mol. The van der Waals surface area contributed by atoms with E-state index in [9.17, 15) is 30.3 Å². The number of hydrogen-bond donors (Lipinski definition) is 6. The van der Waals surface area contributed by atoms with Crippen LogP contribution in [0.25, 0.3) is 0 Å². The van der Waals surface area contributed by atoms with Crippen LogP contribution in [-0.2, 0) is 14.3 Å². The Bertz CT molecular complexity index is 1320. The number of aliphatic hydroxyl groups is 5. The Hall–Kier alpha value is -2.63. The Morgan fingerprint density at radius 2 is 0.940 bits per heavy atom. The minimum Gasteiger partial charge on any atom is -0.394 e. The van der Waals surface area contributed by atoms with E-state index in [1.54, 1.807) is 6.08 Å². The molecule has 0 aromatic rings. The van der Waals surface area contributed by atoms with E-state index >= 15 is 0 Å². The first-order chi connectivity index (χ1) is 32.8. The predicted octanol–water partition coefficient (Wildman–Crippen LogP) is 13.1. The molecule has 0 radical (unpaired) electrons. The van der Waals surface area contributed by atoms with E-state index in [1.807, 2.05) is 6.08 Å². The van der Waals surface area contributed by atoms with Crippen LogP contribution in [0.2, 0.25) is 0 Å². The van der Waals surface area contributed by atoms with E-state index in [0.29, 0.717) is 6.42 Å². The first kappa shape index (κ1) is 62.4. The maximum atomic E-state index is 13.0. The molecule has 0 aromatic carbocycles. The van der Waals surface area contributed by atoms with Crippen LogP contribution in [0, 0.1) is 0 Å². The summed E-state index contributed by atoms with van der Waals surface area (Å²) in [5.74, 6) is -0.193. The van der Waals surface area contributed by atoms with Gasteiger partial charge in [-0.1, -0.05) is 214 Å². The lowest BCUT2D eigenvalue weighted by atomic mass is 9.99. The maximum Gasteiger partial charge on any atom is 0.220 e. The Morgan fingerprint density at radius 1 is 0.522 bits per heavy atom. The van der Waals surface area contributed by atoms with Gasteiger partial charge < -0.3 is 40.3 Å². The van der Waals surface area contributed by atoms with Crippen molar-refractivity contribution in [3.8, 4) is 0 Å². The molecule has 0 saturated carbocycles. The number of allylic oxidation sites excluding steroid dienone is 13. The molecule has 386 valence electrons. The molecule has 1 aliphatic rings. The Labute approximate surface area is 410 Å². The quantitative estimate of drug-likeness (QED) is 0.0261. The number of ether oxygens (including phenoxy) is 2. The molecule has 0 aromatic heterocycles. The van der Waals surface area contributed by atoms with Crippen molar-refractivity contribution < 1.29 is 39.8 Å². The van der Waals surface area contributed by atoms with Crippen LogP contribution >= 0.6 is 0 Å². The van der Waals surface area contributed by atoms with Gasteiger partial charge >= 0.3 is 0 Å². The summed E-state index contributed by atoms with van der Waals surface area (Å²) in [6, 6.07) is -0.830. The van der Waals surface area contributed by atoms with Gasteiger partial charge in [-0.05, 0) is 83.5 Å². The third kappa shape index (κ3) is 36.9. The molecule has 9 nitrogen and oxygen atoms in total. The van der Waals surface area contributed by atoms with Crippen molar-refractivity contribution in [1.82, 2.24) is 5.32 Å². The SMILES string of the molecule is CC/C=C\C/C=C\C/C=C\C/C=C\CCCCCCCCCCCCCCCCCCCCC(=O)NC(COC1OC(CO)C(O)C(O)C1O)C(O)/C=C/CC/C=C/CC/C=C/CCCCC. The number of carbonyl (C=O) groups is 1. The standard InChI is InChI=1S/C58H101NO8/c1-3-5-7-9-11-13-15-17-18-19-20-21-22-23-24-25-26-27-28-29-30-31-32-33-34-36-38-40-42-44-46-48-54(62)59-51(50-66-58-57(65)56(64)55(63)53(49-60)67-58)52(61)47-45-43-41-39-37-35-16-14-12-10-8-6-4-2/h5,7,11-14,17-18,20-21,37,39,45,47,51-53,55-58,60-61,63-65H,3-4,6,8-10,15-16,19,22-36,38,40-44,46,48-50H2,1-2H3,(H,59,62)/b7-5-,13-11-,14-12+,18-17-,21-20-,39-37+,47-45+. The molecule has 1 rings (SSSR count). The van der Waals surface area contributed by atoms with Gasteiger partial charge in [0.15, 0.2) is 6.29 Å². The minimum absolute atomic E-state index is 0.193. The summed E-state index contributed by atoms with van der Waals surface area (Å²) in [5.41, 5.74) is 0. The molecule has 0 spiro atoms. The molecule has 1 aliphatic heterocycles. The zero-order valence-corrected chi connectivity index (χ0v) is 42.6. The van der Waals surface area contributed by atoms with Crippen LogP contribution in [-0.4, -0.2) is 87.5 Å². The molecule has 1 heterocycles. The van der Waals surface area contributed by atoms with Gasteiger partial charge in [0.25, 0.3) is 0 Å². The third-order valence-corrected chi connectivity index (χ3v) is 12.4. The fourth-order valence-corrected chi connectivity index (χ4v) is 8.12. The molecular weight excluding hydrogens is 839 g/mol. The smallest absolute Gasteiger partial charge is 0.220 e. The first-order valence-corrected chi connectivity index (χ1v) is 27.3. The summed E-state index contributed by atoms with van der Waals surface area (Å²) in [6.07, 6.45) is 59.4. The summed E-state index contributed by atoms with van der Waals surface area (Å²) in [4.78, 5) is 13.0. The highest BCUT2D eigenvalue weighted by molar-refractivity contribution is 5.76. The number of unbranched alkanes of at least 4 members (excludes halogenated alkanes) is 23. The van der Waals surface area contributed by atoms with Gasteiger partial charge in [0.2, 0.25) is 5.91 Å². The van der Waals surface area contributed by atoms with Crippen molar-refractivity contribution >= 4 is 5.91 Å². The van der Waals surface area contributed by atoms with Crippen molar-refractivity contribution in [2.45, 2.75) is 262 Å². The molecule has 1 fully saturated rings. The average Bonchev–Trinajstić information content (AvgIpc) is 3.33. The van der Waals surface area contributed by atoms with E-state index in [4.69, 9.17) is 9.47 Å². The number of rotatable bonds is 45. The molecule has 7 atom stereocenters. The second-order valence-electron chi connectivity index (χ2n) is 18.6. The molecule has 0 aliphatic carbocycles. The fourth-order valence-electron chi connectivity index (χ4n) is 8.12. The molecule has 1 amide bonds. The zero-order valence-electron chi connectivity index (χ0n) is 42.6.